The highest BCUT2D eigenvalue weighted by Crippen LogP contribution is 2.39. The van der Waals surface area contributed by atoms with E-state index in [1.807, 2.05) is 49.4 Å². The van der Waals surface area contributed by atoms with Gasteiger partial charge in [-0.25, -0.2) is 9.59 Å². The SMILES string of the molecule is CCC(NC(=O)OC(C)(C)C)C(N=C1c2ccccc2-c2cc(-c3ccccc3)ccc21)C(=O)OC. The monoisotopic (exact) mass is 484 g/mol. The lowest BCUT2D eigenvalue weighted by atomic mass is 9.98. The molecule has 0 saturated heterocycles. The van der Waals surface area contributed by atoms with Gasteiger partial charge in [-0.15, -0.1) is 0 Å². The van der Waals surface area contributed by atoms with Crippen molar-refractivity contribution >= 4 is 17.8 Å². The minimum atomic E-state index is -0.935. The maximum absolute atomic E-state index is 12.9. The fourth-order valence-corrected chi connectivity index (χ4v) is 4.42. The quantitative estimate of drug-likeness (QED) is 0.340. The van der Waals surface area contributed by atoms with Gasteiger partial charge >= 0.3 is 12.1 Å². The molecule has 0 saturated carbocycles. The molecule has 1 N–H and O–H groups in total. The van der Waals surface area contributed by atoms with Crippen LogP contribution < -0.4 is 5.32 Å². The first-order valence-electron chi connectivity index (χ1n) is 12.2. The van der Waals surface area contributed by atoms with Crippen molar-refractivity contribution in [3.8, 4) is 22.3 Å². The maximum atomic E-state index is 12.9. The highest BCUT2D eigenvalue weighted by atomic mass is 16.6. The summed E-state index contributed by atoms with van der Waals surface area (Å²) in [6.07, 6.45) is -0.125. The molecule has 1 aliphatic carbocycles. The topological polar surface area (TPSA) is 77.0 Å². The molecule has 0 aliphatic heterocycles. The van der Waals surface area contributed by atoms with Crippen LogP contribution in [0.4, 0.5) is 4.79 Å². The molecule has 186 valence electrons. The molecule has 2 unspecified atom stereocenters. The van der Waals surface area contributed by atoms with Crippen LogP contribution >= 0.6 is 0 Å². The Morgan fingerprint density at radius 1 is 0.861 bits per heavy atom. The van der Waals surface area contributed by atoms with Gasteiger partial charge in [-0.05, 0) is 55.5 Å². The third-order valence-electron chi connectivity index (χ3n) is 6.09. The second-order valence-corrected chi connectivity index (χ2v) is 9.78. The molecule has 0 heterocycles. The van der Waals surface area contributed by atoms with Gasteiger partial charge in [-0.1, -0.05) is 73.7 Å². The van der Waals surface area contributed by atoms with E-state index in [0.29, 0.717) is 12.1 Å². The maximum Gasteiger partial charge on any atom is 0.407 e. The number of alkyl carbamates (subject to hydrolysis) is 1. The van der Waals surface area contributed by atoms with Crippen molar-refractivity contribution in [2.24, 2.45) is 4.99 Å². The zero-order valence-electron chi connectivity index (χ0n) is 21.4. The Labute approximate surface area is 212 Å². The molecule has 3 aromatic rings. The first kappa shape index (κ1) is 25.2. The molecular formula is C30H32N2O4. The van der Waals surface area contributed by atoms with Crippen molar-refractivity contribution in [2.45, 2.75) is 51.8 Å². The lowest BCUT2D eigenvalue weighted by molar-refractivity contribution is -0.142. The van der Waals surface area contributed by atoms with Gasteiger partial charge in [-0.3, -0.25) is 4.99 Å². The summed E-state index contributed by atoms with van der Waals surface area (Å²) in [5.74, 6) is -0.516. The Morgan fingerprint density at radius 2 is 1.50 bits per heavy atom. The lowest BCUT2D eigenvalue weighted by Crippen LogP contribution is -2.48. The summed E-state index contributed by atoms with van der Waals surface area (Å²) in [5, 5.41) is 2.82. The lowest BCUT2D eigenvalue weighted by Gasteiger charge is -2.26. The number of hydrogen-bond acceptors (Lipinski definition) is 5. The molecule has 36 heavy (non-hydrogen) atoms. The van der Waals surface area contributed by atoms with Gasteiger partial charge in [0.05, 0.1) is 18.9 Å². The zero-order chi connectivity index (χ0) is 25.9. The van der Waals surface area contributed by atoms with Crippen LogP contribution in [0.15, 0.2) is 77.8 Å². The van der Waals surface area contributed by atoms with E-state index in [1.165, 1.54) is 7.11 Å². The van der Waals surface area contributed by atoms with Gasteiger partial charge in [0.15, 0.2) is 6.04 Å². The van der Waals surface area contributed by atoms with E-state index in [1.54, 1.807) is 20.8 Å². The molecule has 1 amide bonds. The molecule has 0 bridgehead atoms. The van der Waals surface area contributed by atoms with Crippen LogP contribution in [0, 0.1) is 0 Å². The van der Waals surface area contributed by atoms with Gasteiger partial charge in [0.2, 0.25) is 0 Å². The Bertz CT molecular complexity index is 1290. The molecule has 3 aromatic carbocycles. The number of methoxy groups -OCH3 is 1. The molecule has 6 nitrogen and oxygen atoms in total. The van der Waals surface area contributed by atoms with Crippen molar-refractivity contribution in [1.29, 1.82) is 0 Å². The third kappa shape index (κ3) is 5.33. The van der Waals surface area contributed by atoms with Gasteiger partial charge < -0.3 is 14.8 Å². The number of rotatable bonds is 6. The fourth-order valence-electron chi connectivity index (χ4n) is 4.42. The molecule has 1 aliphatic rings. The van der Waals surface area contributed by atoms with Crippen LogP contribution in [0.2, 0.25) is 0 Å². The summed E-state index contributed by atoms with van der Waals surface area (Å²) in [4.78, 5) is 30.3. The second kappa shape index (κ2) is 10.4. The Hall–Kier alpha value is -3.93. The average molecular weight is 485 g/mol. The van der Waals surface area contributed by atoms with Crippen LogP contribution in [0.25, 0.3) is 22.3 Å². The number of benzene rings is 3. The highest BCUT2D eigenvalue weighted by molar-refractivity contribution is 6.25. The van der Waals surface area contributed by atoms with Gasteiger partial charge in [0, 0.05) is 11.1 Å². The van der Waals surface area contributed by atoms with Crippen molar-refractivity contribution in [2.75, 3.05) is 7.11 Å². The number of hydrogen-bond donors (Lipinski definition) is 1. The summed E-state index contributed by atoms with van der Waals surface area (Å²) in [7, 11) is 1.33. The van der Waals surface area contributed by atoms with Gasteiger partial charge in [-0.2, -0.15) is 0 Å². The number of ether oxygens (including phenoxy) is 2. The van der Waals surface area contributed by atoms with Crippen LogP contribution in [0.1, 0.15) is 45.2 Å². The minimum absolute atomic E-state index is 0.469. The Balaban J connectivity index is 1.77. The number of nitrogens with one attached hydrogen (secondary N) is 1. The molecule has 0 radical (unpaired) electrons. The largest absolute Gasteiger partial charge is 0.467 e. The van der Waals surface area contributed by atoms with Gasteiger partial charge in [0.1, 0.15) is 5.60 Å². The molecule has 4 rings (SSSR count). The predicted octanol–water partition coefficient (Wildman–Crippen LogP) is 6.02. The molecular weight excluding hydrogens is 452 g/mol. The number of fused-ring (bicyclic) bond motifs is 3. The number of esters is 1. The van der Waals surface area contributed by atoms with Crippen molar-refractivity contribution in [1.82, 2.24) is 5.32 Å². The van der Waals surface area contributed by atoms with E-state index < -0.39 is 29.7 Å². The average Bonchev–Trinajstić information content (AvgIpc) is 3.18. The summed E-state index contributed by atoms with van der Waals surface area (Å²) >= 11 is 0. The van der Waals surface area contributed by atoms with E-state index in [4.69, 9.17) is 14.5 Å². The second-order valence-electron chi connectivity index (χ2n) is 9.78. The molecule has 0 spiro atoms. The van der Waals surface area contributed by atoms with Crippen molar-refractivity contribution in [3.63, 3.8) is 0 Å². The van der Waals surface area contributed by atoms with Crippen molar-refractivity contribution in [3.05, 3.63) is 83.9 Å². The van der Waals surface area contributed by atoms with Crippen LogP contribution in [0.3, 0.4) is 0 Å². The van der Waals surface area contributed by atoms with E-state index in [9.17, 15) is 9.59 Å². The summed E-state index contributed by atoms with van der Waals surface area (Å²) < 4.78 is 10.5. The summed E-state index contributed by atoms with van der Waals surface area (Å²) in [5.41, 5.74) is 6.28. The van der Waals surface area contributed by atoms with Crippen LogP contribution in [0.5, 0.6) is 0 Å². The third-order valence-corrected chi connectivity index (χ3v) is 6.09. The van der Waals surface area contributed by atoms with Crippen LogP contribution in [-0.2, 0) is 14.3 Å². The molecule has 0 fully saturated rings. The standard InChI is InChI=1S/C30H32N2O4/c1-6-25(31-29(34)36-30(2,3)4)27(28(33)35-5)32-26-22-15-11-10-14-21(22)24-18-20(16-17-23(24)26)19-12-8-7-9-13-19/h7-18,25,27H,6H2,1-5H3,(H,31,34). The number of nitrogens with zero attached hydrogens (tertiary/aromatic N) is 1. The highest BCUT2D eigenvalue weighted by Gasteiger charge is 2.33. The first-order chi connectivity index (χ1) is 17.2. The minimum Gasteiger partial charge on any atom is -0.467 e. The number of aliphatic imine (C=N–C) groups is 1. The smallest absolute Gasteiger partial charge is 0.407 e. The summed E-state index contributed by atoms with van der Waals surface area (Å²) in [6.45, 7) is 7.27. The van der Waals surface area contributed by atoms with E-state index in [2.05, 4.69) is 35.6 Å². The van der Waals surface area contributed by atoms with E-state index in [0.717, 1.165) is 33.4 Å². The normalized spacial score (nSPS) is 15.0. The molecule has 0 aromatic heterocycles. The summed E-state index contributed by atoms with van der Waals surface area (Å²) in [6, 6.07) is 23.0. The zero-order valence-corrected chi connectivity index (χ0v) is 21.4. The predicted molar refractivity (Wildman–Crippen MR) is 142 cm³/mol. The molecule has 2 atom stereocenters. The number of carbonyl (C=O) groups excluding carboxylic acids is 2. The van der Waals surface area contributed by atoms with E-state index >= 15 is 0 Å². The fraction of sp³-hybridized carbons (Fsp3) is 0.300. The van der Waals surface area contributed by atoms with Crippen molar-refractivity contribution < 1.29 is 19.1 Å². The van der Waals surface area contributed by atoms with E-state index in [-0.39, 0.29) is 0 Å². The molecule has 6 heteroatoms. The number of amides is 1. The number of carbonyl (C=O) groups is 2. The van der Waals surface area contributed by atoms with Crippen LogP contribution in [-0.4, -0.2) is 42.6 Å². The Kier molecular flexibility index (Phi) is 7.25. The Morgan fingerprint density at radius 3 is 2.14 bits per heavy atom. The van der Waals surface area contributed by atoms with Gasteiger partial charge in [0.25, 0.3) is 0 Å². The first-order valence-corrected chi connectivity index (χ1v) is 12.2.